The minimum absolute atomic E-state index is 0.0741. The molecule has 0 aliphatic heterocycles. The van der Waals surface area contributed by atoms with E-state index in [0.717, 1.165) is 10.9 Å². The predicted octanol–water partition coefficient (Wildman–Crippen LogP) is 2.09. The van der Waals surface area contributed by atoms with Gasteiger partial charge in [0, 0.05) is 11.0 Å². The Balaban J connectivity index is 2.35. The zero-order chi connectivity index (χ0) is 12.8. The van der Waals surface area contributed by atoms with E-state index in [4.69, 9.17) is 5.73 Å². The monoisotopic (exact) mass is 298 g/mol. The van der Waals surface area contributed by atoms with Gasteiger partial charge in [0.05, 0.1) is 6.04 Å². The first-order valence-electron chi connectivity index (χ1n) is 5.78. The van der Waals surface area contributed by atoms with Crippen LogP contribution in [0.3, 0.4) is 0 Å². The molecular weight excluding hydrogens is 280 g/mol. The number of hydrogen-bond acceptors (Lipinski definition) is 2. The van der Waals surface area contributed by atoms with Crippen molar-refractivity contribution in [3.8, 4) is 0 Å². The topological polar surface area (TPSA) is 55.1 Å². The SMILES string of the molecule is CC(C)C(N)C(=O)NCCc1cccc(Br)c1. The number of halogens is 1. The molecule has 1 aromatic rings. The van der Waals surface area contributed by atoms with Crippen LogP contribution in [-0.2, 0) is 11.2 Å². The second kappa shape index (κ2) is 6.77. The lowest BCUT2D eigenvalue weighted by Crippen LogP contribution is -2.44. The first kappa shape index (κ1) is 14.2. The summed E-state index contributed by atoms with van der Waals surface area (Å²) in [6, 6.07) is 7.64. The van der Waals surface area contributed by atoms with Crippen LogP contribution in [0.1, 0.15) is 19.4 Å². The van der Waals surface area contributed by atoms with E-state index in [9.17, 15) is 4.79 Å². The molecule has 3 nitrogen and oxygen atoms in total. The normalized spacial score (nSPS) is 12.5. The molecule has 1 aromatic carbocycles. The van der Waals surface area contributed by atoms with E-state index in [2.05, 4.69) is 27.3 Å². The summed E-state index contributed by atoms with van der Waals surface area (Å²) in [5.74, 6) is 0.0934. The summed E-state index contributed by atoms with van der Waals surface area (Å²) in [6.07, 6.45) is 0.815. The highest BCUT2D eigenvalue weighted by Gasteiger charge is 2.16. The van der Waals surface area contributed by atoms with Crippen LogP contribution in [0.2, 0.25) is 0 Å². The smallest absolute Gasteiger partial charge is 0.237 e. The standard InChI is InChI=1S/C13H19BrN2O/c1-9(2)12(15)13(17)16-7-6-10-4-3-5-11(14)8-10/h3-5,8-9,12H,6-7,15H2,1-2H3,(H,16,17). The predicted molar refractivity (Wildman–Crippen MR) is 73.7 cm³/mol. The second-order valence-electron chi connectivity index (χ2n) is 4.44. The molecule has 1 atom stereocenters. The maximum atomic E-state index is 11.6. The fourth-order valence-corrected chi connectivity index (χ4v) is 1.89. The minimum atomic E-state index is -0.419. The summed E-state index contributed by atoms with van der Waals surface area (Å²) < 4.78 is 1.06. The van der Waals surface area contributed by atoms with Crippen LogP contribution in [0.5, 0.6) is 0 Å². The van der Waals surface area contributed by atoms with Gasteiger partial charge in [-0.2, -0.15) is 0 Å². The van der Waals surface area contributed by atoms with Crippen molar-refractivity contribution in [2.24, 2.45) is 11.7 Å². The van der Waals surface area contributed by atoms with Crippen LogP contribution in [-0.4, -0.2) is 18.5 Å². The number of rotatable bonds is 5. The number of nitrogens with one attached hydrogen (secondary N) is 1. The molecule has 0 bridgehead atoms. The lowest BCUT2D eigenvalue weighted by atomic mass is 10.0. The van der Waals surface area contributed by atoms with Crippen LogP contribution < -0.4 is 11.1 Å². The number of carbonyl (C=O) groups is 1. The summed E-state index contributed by atoms with van der Waals surface area (Å²) in [5.41, 5.74) is 6.94. The highest BCUT2D eigenvalue weighted by atomic mass is 79.9. The van der Waals surface area contributed by atoms with Crippen molar-refractivity contribution >= 4 is 21.8 Å². The van der Waals surface area contributed by atoms with E-state index in [1.165, 1.54) is 5.56 Å². The first-order chi connectivity index (χ1) is 8.00. The molecule has 0 radical (unpaired) electrons. The van der Waals surface area contributed by atoms with Crippen LogP contribution in [0.25, 0.3) is 0 Å². The molecule has 0 saturated carbocycles. The van der Waals surface area contributed by atoms with E-state index >= 15 is 0 Å². The molecule has 17 heavy (non-hydrogen) atoms. The average molecular weight is 299 g/mol. The van der Waals surface area contributed by atoms with Gasteiger partial charge in [-0.3, -0.25) is 4.79 Å². The van der Waals surface area contributed by atoms with Crippen LogP contribution in [0, 0.1) is 5.92 Å². The molecule has 0 aliphatic rings. The molecule has 1 rings (SSSR count). The summed E-state index contributed by atoms with van der Waals surface area (Å²) in [7, 11) is 0. The summed E-state index contributed by atoms with van der Waals surface area (Å²) >= 11 is 3.42. The van der Waals surface area contributed by atoms with Crippen molar-refractivity contribution in [1.82, 2.24) is 5.32 Å². The Labute approximate surface area is 111 Å². The van der Waals surface area contributed by atoms with Gasteiger partial charge in [-0.25, -0.2) is 0 Å². The second-order valence-corrected chi connectivity index (χ2v) is 5.36. The average Bonchev–Trinajstić information content (AvgIpc) is 2.27. The molecule has 94 valence electrons. The summed E-state index contributed by atoms with van der Waals surface area (Å²) in [5, 5.41) is 2.85. The number of nitrogens with two attached hydrogens (primary N) is 1. The Kier molecular flexibility index (Phi) is 5.65. The zero-order valence-corrected chi connectivity index (χ0v) is 11.8. The molecule has 0 fully saturated rings. The highest BCUT2D eigenvalue weighted by molar-refractivity contribution is 9.10. The number of carbonyl (C=O) groups excluding carboxylic acids is 1. The van der Waals surface area contributed by atoms with Gasteiger partial charge in [-0.1, -0.05) is 41.9 Å². The van der Waals surface area contributed by atoms with E-state index in [0.29, 0.717) is 6.54 Å². The van der Waals surface area contributed by atoms with Crippen molar-refractivity contribution in [1.29, 1.82) is 0 Å². The molecule has 3 N–H and O–H groups in total. The molecule has 1 unspecified atom stereocenters. The van der Waals surface area contributed by atoms with Crippen molar-refractivity contribution in [3.63, 3.8) is 0 Å². The van der Waals surface area contributed by atoms with Crippen LogP contribution in [0.15, 0.2) is 28.7 Å². The quantitative estimate of drug-likeness (QED) is 0.874. The summed E-state index contributed by atoms with van der Waals surface area (Å²) in [6.45, 7) is 4.51. The highest BCUT2D eigenvalue weighted by Crippen LogP contribution is 2.11. The van der Waals surface area contributed by atoms with Crippen molar-refractivity contribution in [2.45, 2.75) is 26.3 Å². The number of benzene rings is 1. The third-order valence-corrected chi connectivity index (χ3v) is 3.12. The largest absolute Gasteiger partial charge is 0.354 e. The van der Waals surface area contributed by atoms with Gasteiger partial charge in [-0.15, -0.1) is 0 Å². The molecule has 0 heterocycles. The maximum Gasteiger partial charge on any atom is 0.237 e. The van der Waals surface area contributed by atoms with E-state index in [1.54, 1.807) is 0 Å². The third kappa shape index (κ3) is 4.88. The Morgan fingerprint density at radius 2 is 2.18 bits per heavy atom. The Hall–Kier alpha value is -0.870. The van der Waals surface area contributed by atoms with Crippen molar-refractivity contribution in [3.05, 3.63) is 34.3 Å². The fraction of sp³-hybridized carbons (Fsp3) is 0.462. The Bertz CT molecular complexity index is 379. The van der Waals surface area contributed by atoms with Gasteiger partial charge >= 0.3 is 0 Å². The van der Waals surface area contributed by atoms with E-state index in [1.807, 2.05) is 32.0 Å². The molecule has 0 aromatic heterocycles. The molecule has 0 spiro atoms. The fourth-order valence-electron chi connectivity index (χ4n) is 1.44. The van der Waals surface area contributed by atoms with E-state index in [-0.39, 0.29) is 11.8 Å². The molecule has 0 saturated heterocycles. The lowest BCUT2D eigenvalue weighted by molar-refractivity contribution is -0.123. The molecule has 0 aliphatic carbocycles. The molecular formula is C13H19BrN2O. The number of hydrogen-bond donors (Lipinski definition) is 2. The first-order valence-corrected chi connectivity index (χ1v) is 6.57. The van der Waals surface area contributed by atoms with Gasteiger partial charge in [0.1, 0.15) is 0 Å². The maximum absolute atomic E-state index is 11.6. The van der Waals surface area contributed by atoms with Crippen LogP contribution in [0.4, 0.5) is 0 Å². The van der Waals surface area contributed by atoms with Gasteiger partial charge in [-0.05, 0) is 30.0 Å². The minimum Gasteiger partial charge on any atom is -0.354 e. The van der Waals surface area contributed by atoms with Gasteiger partial charge in [0.2, 0.25) is 5.91 Å². The molecule has 4 heteroatoms. The van der Waals surface area contributed by atoms with Crippen molar-refractivity contribution in [2.75, 3.05) is 6.54 Å². The van der Waals surface area contributed by atoms with Crippen LogP contribution >= 0.6 is 15.9 Å². The Morgan fingerprint density at radius 1 is 1.47 bits per heavy atom. The summed E-state index contributed by atoms with van der Waals surface area (Å²) in [4.78, 5) is 11.6. The number of amides is 1. The van der Waals surface area contributed by atoms with Gasteiger partial charge < -0.3 is 11.1 Å². The lowest BCUT2D eigenvalue weighted by Gasteiger charge is -2.15. The Morgan fingerprint density at radius 3 is 2.76 bits per heavy atom. The zero-order valence-electron chi connectivity index (χ0n) is 10.2. The third-order valence-electron chi connectivity index (χ3n) is 2.62. The van der Waals surface area contributed by atoms with Crippen molar-refractivity contribution < 1.29 is 4.79 Å². The van der Waals surface area contributed by atoms with Gasteiger partial charge in [0.15, 0.2) is 0 Å². The molecule has 1 amide bonds. The van der Waals surface area contributed by atoms with E-state index < -0.39 is 6.04 Å². The van der Waals surface area contributed by atoms with Gasteiger partial charge in [0.25, 0.3) is 0 Å².